The fourth-order valence-corrected chi connectivity index (χ4v) is 3.33. The van der Waals surface area contributed by atoms with Gasteiger partial charge in [-0.05, 0) is 17.7 Å². The molecule has 0 aliphatic carbocycles. The summed E-state index contributed by atoms with van der Waals surface area (Å²) >= 11 is 0. The zero-order valence-corrected chi connectivity index (χ0v) is 15.6. The Balaban J connectivity index is 1.80. The van der Waals surface area contributed by atoms with Crippen LogP contribution in [0.2, 0.25) is 0 Å². The van der Waals surface area contributed by atoms with Gasteiger partial charge in [-0.25, -0.2) is 4.68 Å². The molecule has 0 aliphatic rings. The number of nitrogens with zero attached hydrogens (tertiary/aromatic N) is 6. The van der Waals surface area contributed by atoms with Crippen LogP contribution in [0.4, 0.5) is 0 Å². The molecule has 142 valence electrons. The monoisotopic (exact) mass is 384 g/mol. The lowest BCUT2D eigenvalue weighted by Crippen LogP contribution is -2.06. The van der Waals surface area contributed by atoms with Crippen molar-refractivity contribution < 1.29 is 9.53 Å². The van der Waals surface area contributed by atoms with E-state index in [1.54, 1.807) is 15.4 Å². The number of esters is 1. The van der Waals surface area contributed by atoms with Crippen molar-refractivity contribution in [2.45, 2.75) is 6.42 Å². The van der Waals surface area contributed by atoms with Crippen LogP contribution in [0.25, 0.3) is 33.6 Å². The number of aromatic nitrogens is 6. The molecule has 0 amide bonds. The molecule has 0 saturated heterocycles. The first-order chi connectivity index (χ1) is 14.3. The van der Waals surface area contributed by atoms with Gasteiger partial charge in [-0.2, -0.15) is 14.7 Å². The van der Waals surface area contributed by atoms with E-state index in [9.17, 15) is 4.79 Å². The first-order valence-electron chi connectivity index (χ1n) is 9.06. The van der Waals surface area contributed by atoms with E-state index in [0.29, 0.717) is 22.5 Å². The molecular weight excluding hydrogens is 368 g/mol. The highest BCUT2D eigenvalue weighted by Gasteiger charge is 2.21. The van der Waals surface area contributed by atoms with Crippen molar-refractivity contribution in [3.05, 3.63) is 72.6 Å². The smallest absolute Gasteiger partial charge is 0.311 e. The number of para-hydroxylation sites is 1. The Morgan fingerprint density at radius 3 is 2.45 bits per heavy atom. The standard InChI is InChI=1S/C21H16N6O2/c1-29-18(28)12-17-19-21(26(25-17)15-10-6-3-7-11-15)27-20(24-23-19)16(13-22-27)14-8-4-2-5-9-14/h2-11,13H,12H2,1H3. The zero-order valence-electron chi connectivity index (χ0n) is 15.6. The second-order valence-corrected chi connectivity index (χ2v) is 6.48. The normalized spacial score (nSPS) is 11.2. The van der Waals surface area contributed by atoms with Crippen LogP contribution in [0.5, 0.6) is 0 Å². The Morgan fingerprint density at radius 1 is 1.00 bits per heavy atom. The minimum atomic E-state index is -0.392. The maximum Gasteiger partial charge on any atom is 0.311 e. The van der Waals surface area contributed by atoms with Crippen LogP contribution < -0.4 is 0 Å². The molecule has 5 aromatic rings. The number of benzene rings is 2. The minimum Gasteiger partial charge on any atom is -0.469 e. The van der Waals surface area contributed by atoms with Gasteiger partial charge in [-0.3, -0.25) is 4.79 Å². The van der Waals surface area contributed by atoms with Crippen LogP contribution >= 0.6 is 0 Å². The van der Waals surface area contributed by atoms with E-state index in [4.69, 9.17) is 4.74 Å². The van der Waals surface area contributed by atoms with E-state index >= 15 is 0 Å². The third kappa shape index (κ3) is 2.82. The average Bonchev–Trinajstić information content (AvgIpc) is 3.36. The van der Waals surface area contributed by atoms with Crippen molar-refractivity contribution in [3.63, 3.8) is 0 Å². The molecular formula is C21H16N6O2. The fourth-order valence-electron chi connectivity index (χ4n) is 3.33. The van der Waals surface area contributed by atoms with Crippen LogP contribution in [0, 0.1) is 0 Å². The highest BCUT2D eigenvalue weighted by molar-refractivity contribution is 5.85. The number of carbonyl (C=O) groups excluding carboxylic acids is 1. The molecule has 0 unspecified atom stereocenters. The van der Waals surface area contributed by atoms with Gasteiger partial charge in [0.05, 0.1) is 25.4 Å². The summed E-state index contributed by atoms with van der Waals surface area (Å²) in [6.07, 6.45) is 1.76. The van der Waals surface area contributed by atoms with E-state index in [0.717, 1.165) is 16.8 Å². The van der Waals surface area contributed by atoms with Crippen molar-refractivity contribution in [2.24, 2.45) is 0 Å². The third-order valence-electron chi connectivity index (χ3n) is 4.72. The summed E-state index contributed by atoms with van der Waals surface area (Å²) in [6.45, 7) is 0. The van der Waals surface area contributed by atoms with Crippen LogP contribution in [-0.4, -0.2) is 42.7 Å². The SMILES string of the molecule is COC(=O)Cc1nn(-c2ccccc2)c2c1nnc1c(-c3ccccc3)cnn12. The number of rotatable bonds is 4. The lowest BCUT2D eigenvalue weighted by molar-refractivity contribution is -0.139. The highest BCUT2D eigenvalue weighted by Crippen LogP contribution is 2.27. The van der Waals surface area contributed by atoms with E-state index in [1.807, 2.05) is 60.7 Å². The summed E-state index contributed by atoms with van der Waals surface area (Å²) in [6, 6.07) is 19.5. The summed E-state index contributed by atoms with van der Waals surface area (Å²) in [5.41, 5.74) is 4.95. The Bertz CT molecular complexity index is 1330. The van der Waals surface area contributed by atoms with Crippen molar-refractivity contribution >= 4 is 22.8 Å². The lowest BCUT2D eigenvalue weighted by atomic mass is 10.1. The summed E-state index contributed by atoms with van der Waals surface area (Å²) in [4.78, 5) is 11.9. The van der Waals surface area contributed by atoms with E-state index in [2.05, 4.69) is 20.4 Å². The quantitative estimate of drug-likeness (QED) is 0.443. The first kappa shape index (κ1) is 17.1. The molecule has 29 heavy (non-hydrogen) atoms. The molecule has 8 heteroatoms. The van der Waals surface area contributed by atoms with E-state index in [-0.39, 0.29) is 6.42 Å². The number of hydrogen-bond donors (Lipinski definition) is 0. The topological polar surface area (TPSA) is 87.2 Å². The van der Waals surface area contributed by atoms with Gasteiger partial charge in [0.2, 0.25) is 0 Å². The van der Waals surface area contributed by atoms with Gasteiger partial charge in [0.15, 0.2) is 16.8 Å². The minimum absolute atomic E-state index is 0.000167. The number of methoxy groups -OCH3 is 1. The molecule has 0 aliphatic heterocycles. The van der Waals surface area contributed by atoms with Gasteiger partial charge < -0.3 is 4.74 Å². The largest absolute Gasteiger partial charge is 0.469 e. The van der Waals surface area contributed by atoms with Crippen LogP contribution in [0.15, 0.2) is 66.9 Å². The number of fused-ring (bicyclic) bond motifs is 3. The molecule has 8 nitrogen and oxygen atoms in total. The number of hydrogen-bond acceptors (Lipinski definition) is 6. The Labute approximate surface area is 165 Å². The fraction of sp³-hybridized carbons (Fsp3) is 0.0952. The van der Waals surface area contributed by atoms with Crippen LogP contribution in [0.1, 0.15) is 5.69 Å². The second kappa shape index (κ2) is 6.83. The van der Waals surface area contributed by atoms with Crippen LogP contribution in [-0.2, 0) is 16.0 Å². The molecule has 0 spiro atoms. The Hall–Kier alpha value is -4.07. The molecule has 0 radical (unpaired) electrons. The van der Waals surface area contributed by atoms with Gasteiger partial charge in [0.25, 0.3) is 0 Å². The molecule has 5 rings (SSSR count). The zero-order chi connectivity index (χ0) is 19.8. The van der Waals surface area contributed by atoms with Gasteiger partial charge in [0, 0.05) is 5.56 Å². The maximum atomic E-state index is 11.9. The second-order valence-electron chi connectivity index (χ2n) is 6.48. The summed E-state index contributed by atoms with van der Waals surface area (Å²) in [5, 5.41) is 18.0. The predicted octanol–water partition coefficient (Wildman–Crippen LogP) is 2.85. The molecule has 0 N–H and O–H groups in total. The summed E-state index contributed by atoms with van der Waals surface area (Å²) in [7, 11) is 1.35. The van der Waals surface area contributed by atoms with Crippen molar-refractivity contribution in [1.29, 1.82) is 0 Å². The number of carbonyl (C=O) groups is 1. The molecule has 3 heterocycles. The number of ether oxygens (including phenoxy) is 1. The van der Waals surface area contributed by atoms with Crippen molar-refractivity contribution in [1.82, 2.24) is 29.6 Å². The molecule has 0 atom stereocenters. The summed E-state index contributed by atoms with van der Waals surface area (Å²) < 4.78 is 8.26. The lowest BCUT2D eigenvalue weighted by Gasteiger charge is -2.04. The third-order valence-corrected chi connectivity index (χ3v) is 4.72. The molecule has 0 bridgehead atoms. The van der Waals surface area contributed by atoms with Gasteiger partial charge in [0.1, 0.15) is 5.69 Å². The van der Waals surface area contributed by atoms with Gasteiger partial charge in [-0.15, -0.1) is 10.2 Å². The molecule has 2 aromatic carbocycles. The van der Waals surface area contributed by atoms with E-state index in [1.165, 1.54) is 7.11 Å². The highest BCUT2D eigenvalue weighted by atomic mass is 16.5. The average molecular weight is 384 g/mol. The summed E-state index contributed by atoms with van der Waals surface area (Å²) in [5.74, 6) is -0.392. The van der Waals surface area contributed by atoms with E-state index < -0.39 is 5.97 Å². The van der Waals surface area contributed by atoms with Crippen molar-refractivity contribution in [3.8, 4) is 16.8 Å². The molecule has 0 fully saturated rings. The van der Waals surface area contributed by atoms with Gasteiger partial charge in [-0.1, -0.05) is 48.5 Å². The predicted molar refractivity (Wildman–Crippen MR) is 107 cm³/mol. The Morgan fingerprint density at radius 2 is 1.72 bits per heavy atom. The van der Waals surface area contributed by atoms with Crippen LogP contribution in [0.3, 0.4) is 0 Å². The Kier molecular flexibility index (Phi) is 4.02. The maximum absolute atomic E-state index is 11.9. The molecule has 3 aromatic heterocycles. The van der Waals surface area contributed by atoms with Crippen molar-refractivity contribution in [2.75, 3.05) is 7.11 Å². The molecule has 0 saturated carbocycles. The first-order valence-corrected chi connectivity index (χ1v) is 9.06. The van der Waals surface area contributed by atoms with Gasteiger partial charge >= 0.3 is 5.97 Å².